The first-order chi connectivity index (χ1) is 8.81. The third kappa shape index (κ3) is 1.56. The number of hydrogen-bond donors (Lipinski definition) is 1. The van der Waals surface area contributed by atoms with Crippen LogP contribution in [0.25, 0.3) is 10.8 Å². The fourth-order valence-corrected chi connectivity index (χ4v) is 2.67. The van der Waals surface area contributed by atoms with Gasteiger partial charge in [0.05, 0.1) is 6.54 Å². The van der Waals surface area contributed by atoms with E-state index in [4.69, 9.17) is 6.42 Å². The van der Waals surface area contributed by atoms with Gasteiger partial charge in [0.2, 0.25) is 0 Å². The van der Waals surface area contributed by atoms with E-state index in [1.807, 2.05) is 18.2 Å². The van der Waals surface area contributed by atoms with Gasteiger partial charge < -0.3 is 5.32 Å². The Kier molecular flexibility index (Phi) is 2.53. The molecule has 0 aromatic heterocycles. The van der Waals surface area contributed by atoms with Crippen molar-refractivity contribution in [3.05, 3.63) is 47.0 Å². The topological polar surface area (TPSA) is 29.1 Å². The molecule has 2 aromatic rings. The first kappa shape index (κ1) is 10.9. The second-order valence-electron chi connectivity index (χ2n) is 4.50. The zero-order valence-corrected chi connectivity index (χ0v) is 9.99. The van der Waals surface area contributed by atoms with Crippen molar-refractivity contribution in [1.82, 2.24) is 5.32 Å². The third-order valence-corrected chi connectivity index (χ3v) is 3.47. The average molecular weight is 235 g/mol. The molecule has 2 nitrogen and oxygen atoms in total. The summed E-state index contributed by atoms with van der Waals surface area (Å²) < 4.78 is 0. The number of nitrogens with one attached hydrogen (secondary N) is 1. The largest absolute Gasteiger partial charge is 0.341 e. The molecule has 0 saturated carbocycles. The lowest BCUT2D eigenvalue weighted by Gasteiger charge is -2.08. The van der Waals surface area contributed by atoms with Crippen LogP contribution in [0.5, 0.6) is 0 Å². The van der Waals surface area contributed by atoms with Gasteiger partial charge in [-0.15, -0.1) is 6.42 Å². The van der Waals surface area contributed by atoms with Crippen molar-refractivity contribution >= 4 is 16.7 Å². The van der Waals surface area contributed by atoms with Gasteiger partial charge in [0, 0.05) is 5.56 Å². The molecular weight excluding hydrogens is 222 g/mol. The Morgan fingerprint density at radius 1 is 1.22 bits per heavy atom. The molecule has 18 heavy (non-hydrogen) atoms. The smallest absolute Gasteiger partial charge is 0.252 e. The number of carbonyl (C=O) groups is 1. The van der Waals surface area contributed by atoms with Gasteiger partial charge in [0.1, 0.15) is 0 Å². The van der Waals surface area contributed by atoms with E-state index < -0.39 is 0 Å². The van der Waals surface area contributed by atoms with Crippen LogP contribution in [0.1, 0.15) is 21.5 Å². The summed E-state index contributed by atoms with van der Waals surface area (Å²) in [6.45, 7) is 0.266. The number of aryl methyl sites for hydroxylation is 2. The van der Waals surface area contributed by atoms with Crippen LogP contribution in [0, 0.1) is 12.3 Å². The highest BCUT2D eigenvalue weighted by Crippen LogP contribution is 2.32. The molecule has 2 heteroatoms. The van der Waals surface area contributed by atoms with E-state index in [-0.39, 0.29) is 12.5 Å². The molecule has 0 radical (unpaired) electrons. The van der Waals surface area contributed by atoms with Crippen LogP contribution >= 0.6 is 0 Å². The van der Waals surface area contributed by atoms with Gasteiger partial charge in [-0.25, -0.2) is 0 Å². The maximum absolute atomic E-state index is 12.1. The summed E-state index contributed by atoms with van der Waals surface area (Å²) in [5, 5.41) is 5.02. The molecule has 1 N–H and O–H groups in total. The Labute approximate surface area is 106 Å². The first-order valence-corrected chi connectivity index (χ1v) is 6.06. The van der Waals surface area contributed by atoms with E-state index in [0.29, 0.717) is 5.56 Å². The Balaban J connectivity index is 2.15. The summed E-state index contributed by atoms with van der Waals surface area (Å²) in [6, 6.07) is 10.1. The van der Waals surface area contributed by atoms with E-state index in [9.17, 15) is 4.79 Å². The molecule has 3 rings (SSSR count). The molecule has 0 atom stereocenters. The van der Waals surface area contributed by atoms with Gasteiger partial charge in [0.15, 0.2) is 0 Å². The van der Waals surface area contributed by atoms with Crippen LogP contribution in [0.4, 0.5) is 0 Å². The summed E-state index contributed by atoms with van der Waals surface area (Å²) in [5.41, 5.74) is 3.40. The van der Waals surface area contributed by atoms with Gasteiger partial charge in [-0.3, -0.25) is 4.79 Å². The lowest BCUT2D eigenvalue weighted by Crippen LogP contribution is -2.23. The predicted octanol–water partition coefficient (Wildman–Crippen LogP) is 2.30. The lowest BCUT2D eigenvalue weighted by atomic mass is 9.99. The SMILES string of the molecule is C#CCNC(=O)c1ccc2c3c(cccc13)CC2. The van der Waals surface area contributed by atoms with Crippen LogP contribution < -0.4 is 5.32 Å². The fourth-order valence-electron chi connectivity index (χ4n) is 2.67. The number of amides is 1. The molecule has 0 fully saturated rings. The maximum Gasteiger partial charge on any atom is 0.252 e. The highest BCUT2D eigenvalue weighted by molar-refractivity contribution is 6.09. The molecular formula is C16H13NO. The fraction of sp³-hybridized carbons (Fsp3) is 0.188. The van der Waals surface area contributed by atoms with E-state index in [0.717, 1.165) is 18.2 Å². The molecule has 0 spiro atoms. The highest BCUT2D eigenvalue weighted by atomic mass is 16.1. The zero-order valence-electron chi connectivity index (χ0n) is 9.99. The monoisotopic (exact) mass is 235 g/mol. The van der Waals surface area contributed by atoms with Gasteiger partial charge in [0.25, 0.3) is 5.91 Å². The number of benzene rings is 2. The minimum atomic E-state index is -0.0939. The quantitative estimate of drug-likeness (QED) is 0.795. The van der Waals surface area contributed by atoms with Crippen molar-refractivity contribution in [1.29, 1.82) is 0 Å². The zero-order chi connectivity index (χ0) is 12.5. The molecule has 0 saturated heterocycles. The highest BCUT2D eigenvalue weighted by Gasteiger charge is 2.18. The summed E-state index contributed by atoms with van der Waals surface area (Å²) in [7, 11) is 0. The Morgan fingerprint density at radius 3 is 2.78 bits per heavy atom. The predicted molar refractivity (Wildman–Crippen MR) is 72.5 cm³/mol. The van der Waals surface area contributed by atoms with Crippen LogP contribution in [-0.2, 0) is 12.8 Å². The summed E-state index contributed by atoms with van der Waals surface area (Å²) in [5.74, 6) is 2.33. The molecule has 0 unspecified atom stereocenters. The van der Waals surface area contributed by atoms with Crippen LogP contribution in [0.2, 0.25) is 0 Å². The van der Waals surface area contributed by atoms with Crippen molar-refractivity contribution in [2.75, 3.05) is 6.54 Å². The van der Waals surface area contributed by atoms with E-state index >= 15 is 0 Å². The van der Waals surface area contributed by atoms with Crippen molar-refractivity contribution < 1.29 is 4.79 Å². The standard InChI is InChI=1S/C16H13NO/c1-2-10-17-16(18)14-9-8-12-7-6-11-4-3-5-13(14)15(11)12/h1,3-5,8-9H,6-7,10H2,(H,17,18). The molecule has 1 amide bonds. The molecule has 88 valence electrons. The molecule has 1 aliphatic rings. The summed E-state index contributed by atoms with van der Waals surface area (Å²) >= 11 is 0. The van der Waals surface area contributed by atoms with Gasteiger partial charge in [-0.05, 0) is 40.8 Å². The van der Waals surface area contributed by atoms with Crippen molar-refractivity contribution in [2.45, 2.75) is 12.8 Å². The molecule has 0 bridgehead atoms. The minimum absolute atomic E-state index is 0.0939. The normalized spacial score (nSPS) is 12.4. The van der Waals surface area contributed by atoms with E-state index in [1.54, 1.807) is 0 Å². The number of terminal acetylenes is 1. The van der Waals surface area contributed by atoms with Crippen molar-refractivity contribution in [2.24, 2.45) is 0 Å². The number of carbonyl (C=O) groups excluding carboxylic acids is 1. The Hall–Kier alpha value is -2.27. The number of rotatable bonds is 2. The minimum Gasteiger partial charge on any atom is -0.341 e. The molecule has 0 aliphatic heterocycles. The Bertz CT molecular complexity index is 669. The second-order valence-corrected chi connectivity index (χ2v) is 4.50. The van der Waals surface area contributed by atoms with Gasteiger partial charge >= 0.3 is 0 Å². The van der Waals surface area contributed by atoms with Crippen LogP contribution in [0.3, 0.4) is 0 Å². The molecule has 2 aromatic carbocycles. The summed E-state index contributed by atoms with van der Waals surface area (Å²) in [4.78, 5) is 12.1. The van der Waals surface area contributed by atoms with Crippen LogP contribution in [-0.4, -0.2) is 12.5 Å². The average Bonchev–Trinajstić information content (AvgIpc) is 2.82. The molecule has 1 aliphatic carbocycles. The molecule has 0 heterocycles. The number of hydrogen-bond acceptors (Lipinski definition) is 1. The van der Waals surface area contributed by atoms with E-state index in [1.165, 1.54) is 16.5 Å². The van der Waals surface area contributed by atoms with Gasteiger partial charge in [-0.2, -0.15) is 0 Å². The van der Waals surface area contributed by atoms with Crippen molar-refractivity contribution in [3.63, 3.8) is 0 Å². The third-order valence-electron chi connectivity index (χ3n) is 3.47. The van der Waals surface area contributed by atoms with Crippen molar-refractivity contribution in [3.8, 4) is 12.3 Å². The Morgan fingerprint density at radius 2 is 2.00 bits per heavy atom. The van der Waals surface area contributed by atoms with Crippen LogP contribution in [0.15, 0.2) is 30.3 Å². The maximum atomic E-state index is 12.1. The first-order valence-electron chi connectivity index (χ1n) is 6.06. The van der Waals surface area contributed by atoms with E-state index in [2.05, 4.69) is 23.4 Å². The summed E-state index contributed by atoms with van der Waals surface area (Å²) in [6.07, 6.45) is 7.30. The van der Waals surface area contributed by atoms with Gasteiger partial charge in [-0.1, -0.05) is 30.2 Å². The second kappa shape index (κ2) is 4.19. The lowest BCUT2D eigenvalue weighted by molar-refractivity contribution is 0.0960.